The molecule has 0 unspecified atom stereocenters. The Hall–Kier alpha value is -3.82. The van der Waals surface area contributed by atoms with E-state index in [1.54, 1.807) is 35.7 Å². The second-order valence-electron chi connectivity index (χ2n) is 6.84. The van der Waals surface area contributed by atoms with Crippen LogP contribution in [0.25, 0.3) is 16.7 Å². The maximum Gasteiger partial charge on any atom is 0.359 e. The number of nitrogens with zero attached hydrogens (tertiary/aromatic N) is 6. The van der Waals surface area contributed by atoms with Crippen molar-refractivity contribution in [3.63, 3.8) is 0 Å². The van der Waals surface area contributed by atoms with Crippen molar-refractivity contribution in [3.05, 3.63) is 68.6 Å². The lowest BCUT2D eigenvalue weighted by Gasteiger charge is -2.09. The van der Waals surface area contributed by atoms with Gasteiger partial charge in [-0.3, -0.25) is 18.6 Å². The van der Waals surface area contributed by atoms with Crippen molar-refractivity contribution in [2.24, 2.45) is 7.05 Å². The highest BCUT2D eigenvalue weighted by Crippen LogP contribution is 2.14. The molecule has 0 saturated carbocycles. The summed E-state index contributed by atoms with van der Waals surface area (Å²) >= 11 is 0. The first-order valence-electron chi connectivity index (χ1n) is 9.58. The Kier molecular flexibility index (Phi) is 5.13. The summed E-state index contributed by atoms with van der Waals surface area (Å²) in [5.41, 5.74) is 0.207. The van der Waals surface area contributed by atoms with Crippen molar-refractivity contribution >= 4 is 22.6 Å². The van der Waals surface area contributed by atoms with Crippen molar-refractivity contribution < 1.29 is 9.53 Å². The number of carbonyl (C=O) groups is 1. The first kappa shape index (κ1) is 19.5. The minimum absolute atomic E-state index is 0.0387. The summed E-state index contributed by atoms with van der Waals surface area (Å²) in [6.45, 7) is 2.27. The lowest BCUT2D eigenvalue weighted by atomic mass is 10.2. The normalized spacial score (nSPS) is 11.3. The van der Waals surface area contributed by atoms with E-state index in [9.17, 15) is 14.4 Å². The summed E-state index contributed by atoms with van der Waals surface area (Å²) in [6.07, 6.45) is 1.68. The number of aromatic nitrogens is 6. The molecule has 0 saturated heterocycles. The Morgan fingerprint density at radius 3 is 2.70 bits per heavy atom. The second-order valence-corrected chi connectivity index (χ2v) is 6.84. The van der Waals surface area contributed by atoms with Crippen LogP contribution in [0.15, 0.2) is 46.0 Å². The van der Waals surface area contributed by atoms with E-state index >= 15 is 0 Å². The molecule has 0 aliphatic heterocycles. The Morgan fingerprint density at radius 2 is 1.90 bits per heavy atom. The Bertz CT molecular complexity index is 1370. The largest absolute Gasteiger partial charge is 0.453 e. The third-order valence-electron chi connectivity index (χ3n) is 4.82. The summed E-state index contributed by atoms with van der Waals surface area (Å²) in [5, 5.41) is 12.7. The maximum atomic E-state index is 12.5. The summed E-state index contributed by atoms with van der Waals surface area (Å²) in [7, 11) is 1.61. The van der Waals surface area contributed by atoms with Gasteiger partial charge < -0.3 is 4.74 Å². The smallest absolute Gasteiger partial charge is 0.359 e. The number of aryl methyl sites for hydroxylation is 2. The van der Waals surface area contributed by atoms with Crippen molar-refractivity contribution in [2.75, 3.05) is 0 Å². The van der Waals surface area contributed by atoms with Crippen molar-refractivity contribution in [1.82, 2.24) is 28.9 Å². The zero-order chi connectivity index (χ0) is 21.3. The van der Waals surface area contributed by atoms with Crippen LogP contribution in [0, 0.1) is 0 Å². The first-order chi connectivity index (χ1) is 14.5. The SMILES string of the molecule is CCCCn1nc(C(=O)OCc2nnc3n(C)c(=O)c4ccccc4n23)ccc1=O. The molecular formula is C20H20N6O4. The van der Waals surface area contributed by atoms with E-state index < -0.39 is 5.97 Å². The van der Waals surface area contributed by atoms with Gasteiger partial charge in [0.05, 0.1) is 10.9 Å². The van der Waals surface area contributed by atoms with Crippen LogP contribution in [0.3, 0.4) is 0 Å². The zero-order valence-corrected chi connectivity index (χ0v) is 16.6. The van der Waals surface area contributed by atoms with Gasteiger partial charge in [0.1, 0.15) is 0 Å². The molecule has 0 aliphatic carbocycles. The number of fused-ring (bicyclic) bond motifs is 3. The number of rotatable bonds is 6. The predicted molar refractivity (Wildman–Crippen MR) is 108 cm³/mol. The van der Waals surface area contributed by atoms with Crippen LogP contribution < -0.4 is 11.1 Å². The van der Waals surface area contributed by atoms with Gasteiger partial charge in [0, 0.05) is 19.7 Å². The van der Waals surface area contributed by atoms with Gasteiger partial charge in [0.25, 0.3) is 11.1 Å². The fourth-order valence-electron chi connectivity index (χ4n) is 3.22. The fraction of sp³-hybridized carbons (Fsp3) is 0.300. The van der Waals surface area contributed by atoms with Crippen molar-refractivity contribution in [3.8, 4) is 0 Å². The average molecular weight is 408 g/mol. The van der Waals surface area contributed by atoms with Gasteiger partial charge in [-0.05, 0) is 24.6 Å². The lowest BCUT2D eigenvalue weighted by Crippen LogP contribution is -2.25. The molecule has 0 bridgehead atoms. The molecule has 0 N–H and O–H groups in total. The number of hydrogen-bond donors (Lipinski definition) is 0. The van der Waals surface area contributed by atoms with Gasteiger partial charge in [-0.1, -0.05) is 25.5 Å². The van der Waals surface area contributed by atoms with Gasteiger partial charge in [0.2, 0.25) is 5.78 Å². The number of hydrogen-bond acceptors (Lipinski definition) is 7. The van der Waals surface area contributed by atoms with Gasteiger partial charge in [-0.25, -0.2) is 9.48 Å². The fourth-order valence-corrected chi connectivity index (χ4v) is 3.22. The number of benzene rings is 1. The number of unbranched alkanes of at least 4 members (excludes halogenated alkanes) is 1. The Morgan fingerprint density at radius 1 is 1.10 bits per heavy atom. The summed E-state index contributed by atoms with van der Waals surface area (Å²) in [6, 6.07) is 9.72. The monoisotopic (exact) mass is 408 g/mol. The topological polar surface area (TPSA) is 113 Å². The second kappa shape index (κ2) is 7.90. The van der Waals surface area contributed by atoms with Crippen LogP contribution in [0.1, 0.15) is 36.1 Å². The number of esters is 1. The van der Waals surface area contributed by atoms with E-state index in [4.69, 9.17) is 4.74 Å². The third-order valence-corrected chi connectivity index (χ3v) is 4.82. The zero-order valence-electron chi connectivity index (χ0n) is 16.6. The van der Waals surface area contributed by atoms with E-state index in [-0.39, 0.29) is 23.4 Å². The highest BCUT2D eigenvalue weighted by molar-refractivity contribution is 5.87. The molecule has 3 heterocycles. The molecule has 0 amide bonds. The molecule has 0 spiro atoms. The number of para-hydroxylation sites is 1. The van der Waals surface area contributed by atoms with Gasteiger partial charge in [-0.15, -0.1) is 10.2 Å². The molecule has 0 aliphatic rings. The minimum atomic E-state index is -0.675. The van der Waals surface area contributed by atoms with E-state index in [1.165, 1.54) is 21.4 Å². The number of carbonyl (C=O) groups excluding carboxylic acids is 1. The molecule has 3 aromatic heterocycles. The highest BCUT2D eigenvalue weighted by atomic mass is 16.5. The van der Waals surface area contributed by atoms with E-state index in [0.717, 1.165) is 12.8 Å². The van der Waals surface area contributed by atoms with E-state index in [0.29, 0.717) is 29.0 Å². The molecular weight excluding hydrogens is 388 g/mol. The summed E-state index contributed by atoms with van der Waals surface area (Å²) < 4.78 is 9.71. The molecule has 10 nitrogen and oxygen atoms in total. The molecule has 154 valence electrons. The first-order valence-corrected chi connectivity index (χ1v) is 9.58. The third kappa shape index (κ3) is 3.36. The molecule has 0 radical (unpaired) electrons. The maximum absolute atomic E-state index is 12.5. The van der Waals surface area contributed by atoms with Gasteiger partial charge >= 0.3 is 5.97 Å². The predicted octanol–water partition coefficient (Wildman–Crippen LogP) is 1.29. The van der Waals surface area contributed by atoms with Crippen LogP contribution in [-0.4, -0.2) is 34.9 Å². The molecule has 4 aromatic rings. The van der Waals surface area contributed by atoms with Gasteiger partial charge in [-0.2, -0.15) is 5.10 Å². The molecule has 10 heteroatoms. The Balaban J connectivity index is 1.64. The molecule has 1 aromatic carbocycles. The molecule has 0 fully saturated rings. The Labute approximate surface area is 170 Å². The quantitative estimate of drug-likeness (QED) is 0.442. The van der Waals surface area contributed by atoms with Crippen molar-refractivity contribution in [2.45, 2.75) is 32.9 Å². The standard InChI is InChI=1S/C20H20N6O4/c1-3-4-11-25-17(27)10-9-14(23-25)19(29)30-12-16-21-22-20-24(2)18(28)13-7-5-6-8-15(13)26(16)20/h5-10H,3-4,11-12H2,1-2H3. The summed E-state index contributed by atoms with van der Waals surface area (Å²) in [5.74, 6) is 0.0339. The van der Waals surface area contributed by atoms with Crippen LogP contribution in [0.4, 0.5) is 0 Å². The van der Waals surface area contributed by atoms with Gasteiger partial charge in [0.15, 0.2) is 18.1 Å². The lowest BCUT2D eigenvalue weighted by molar-refractivity contribution is 0.0451. The van der Waals surface area contributed by atoms with Crippen LogP contribution in [-0.2, 0) is 24.9 Å². The molecule has 30 heavy (non-hydrogen) atoms. The van der Waals surface area contributed by atoms with Crippen LogP contribution in [0.2, 0.25) is 0 Å². The van der Waals surface area contributed by atoms with E-state index in [1.807, 2.05) is 6.92 Å². The highest BCUT2D eigenvalue weighted by Gasteiger charge is 2.17. The van der Waals surface area contributed by atoms with Crippen LogP contribution >= 0.6 is 0 Å². The van der Waals surface area contributed by atoms with E-state index in [2.05, 4.69) is 15.3 Å². The molecule has 0 atom stereocenters. The molecule has 4 rings (SSSR count). The van der Waals surface area contributed by atoms with Crippen molar-refractivity contribution in [1.29, 1.82) is 0 Å². The number of ether oxygens (including phenoxy) is 1. The summed E-state index contributed by atoms with van der Waals surface area (Å²) in [4.78, 5) is 36.9. The van der Waals surface area contributed by atoms with Crippen LogP contribution in [0.5, 0.6) is 0 Å². The average Bonchev–Trinajstić information content (AvgIpc) is 3.19. The minimum Gasteiger partial charge on any atom is -0.453 e.